The van der Waals surface area contributed by atoms with Crippen LogP contribution in [0.25, 0.3) is 0 Å². The van der Waals surface area contributed by atoms with E-state index in [0.29, 0.717) is 0 Å². The van der Waals surface area contributed by atoms with E-state index >= 15 is 0 Å². The van der Waals surface area contributed by atoms with Gasteiger partial charge in [0.15, 0.2) is 0 Å². The first-order valence-corrected chi connectivity index (χ1v) is 7.25. The van der Waals surface area contributed by atoms with Crippen LogP contribution in [-0.4, -0.2) is 46.5 Å². The van der Waals surface area contributed by atoms with Gasteiger partial charge in [-0.1, -0.05) is 0 Å². The van der Waals surface area contributed by atoms with Crippen molar-refractivity contribution in [2.75, 3.05) is 0 Å². The zero-order valence-corrected chi connectivity index (χ0v) is 14.6. The summed E-state index contributed by atoms with van der Waals surface area (Å²) >= 11 is -2.03. The summed E-state index contributed by atoms with van der Waals surface area (Å²) in [4.78, 5) is 19.7. The fraction of sp³-hybridized carbons (Fsp3) is 0.400. The molecule has 0 bridgehead atoms. The van der Waals surface area contributed by atoms with E-state index in [1.807, 2.05) is 0 Å². The van der Waals surface area contributed by atoms with Crippen LogP contribution in [0, 0.1) is 0 Å². The molecule has 19 heteroatoms. The van der Waals surface area contributed by atoms with Crippen LogP contribution < -0.4 is 0 Å². The van der Waals surface area contributed by atoms with E-state index in [2.05, 4.69) is 0 Å². The Morgan fingerprint density at radius 3 is 0.828 bits per heavy atom. The molecule has 2 N–H and O–H groups in total. The number of aliphatic hydroxyl groups is 2. The number of carbonyl (C=O) groups excluding carboxylic acids is 2. The van der Waals surface area contributed by atoms with Crippen LogP contribution in [0.4, 0.5) is 52.7 Å². The summed E-state index contributed by atoms with van der Waals surface area (Å²) in [5.74, 6) is -10.7. The van der Waals surface area contributed by atoms with Gasteiger partial charge < -0.3 is 10.2 Å². The van der Waals surface area contributed by atoms with Gasteiger partial charge in [0.1, 0.15) is 0 Å². The summed E-state index contributed by atoms with van der Waals surface area (Å²) in [6, 6.07) is 0. The van der Waals surface area contributed by atoms with Crippen molar-refractivity contribution in [1.29, 1.82) is 0 Å². The maximum atomic E-state index is 11.4. The molecule has 0 heterocycles. The van der Waals surface area contributed by atoms with Crippen molar-refractivity contribution in [2.45, 2.75) is 24.7 Å². The van der Waals surface area contributed by atoms with Crippen LogP contribution in [0.5, 0.6) is 0 Å². The average Bonchev–Trinajstić information content (AvgIpc) is 2.44. The van der Waals surface area contributed by atoms with Crippen LogP contribution >= 0.6 is 0 Å². The third kappa shape index (κ3) is 16.5. The van der Waals surface area contributed by atoms with E-state index in [-0.39, 0.29) is 0 Å². The molecule has 0 aliphatic rings. The molecule has 0 rings (SSSR count). The minimum atomic E-state index is -5.42. The normalized spacial score (nSPS) is 13.4. The van der Waals surface area contributed by atoms with Crippen molar-refractivity contribution in [2.24, 2.45) is 0 Å². The SMILES string of the molecule is O=C(C=C(O)C(F)(F)F)C(F)(F)F.O=C(C=C(O)C(F)(F)F)C(F)(F)F.[O]=[Mo]=[O]. The molecule has 29 heavy (non-hydrogen) atoms. The van der Waals surface area contributed by atoms with Crippen LogP contribution in [0.2, 0.25) is 0 Å². The second-order valence-electron chi connectivity index (χ2n) is 3.85. The Bertz CT molecular complexity index is 609. The van der Waals surface area contributed by atoms with E-state index in [9.17, 15) is 62.3 Å². The Morgan fingerprint density at radius 2 is 0.724 bits per heavy atom. The second kappa shape index (κ2) is 11.8. The number of rotatable bonds is 2. The fourth-order valence-corrected chi connectivity index (χ4v) is 0.576. The Balaban J connectivity index is -0.000000410. The summed E-state index contributed by atoms with van der Waals surface area (Å²) in [6.45, 7) is 0. The van der Waals surface area contributed by atoms with Gasteiger partial charge in [-0.25, -0.2) is 0 Å². The molecule has 0 saturated carbocycles. The number of hydrogen-bond acceptors (Lipinski definition) is 6. The molecule has 0 aliphatic heterocycles. The number of hydrogen-bond donors (Lipinski definition) is 2. The Kier molecular flexibility index (Phi) is 12.8. The van der Waals surface area contributed by atoms with Crippen LogP contribution in [0.1, 0.15) is 0 Å². The third-order valence-corrected chi connectivity index (χ3v) is 1.68. The van der Waals surface area contributed by atoms with Gasteiger partial charge in [-0.2, -0.15) is 52.7 Å². The van der Waals surface area contributed by atoms with E-state index in [1.165, 1.54) is 0 Å². The number of halogens is 12. The molecule has 0 radical (unpaired) electrons. The maximum absolute atomic E-state index is 11.4. The minimum absolute atomic E-state index is 0.917. The first kappa shape index (κ1) is 31.6. The first-order chi connectivity index (χ1) is 12.5. The Hall–Kier alpha value is -2.13. The van der Waals surface area contributed by atoms with Gasteiger partial charge in [-0.05, 0) is 0 Å². The van der Waals surface area contributed by atoms with E-state index in [1.54, 1.807) is 0 Å². The van der Waals surface area contributed by atoms with Gasteiger partial charge in [0.25, 0.3) is 11.6 Å². The van der Waals surface area contributed by atoms with Gasteiger partial charge >= 0.3 is 50.0 Å². The number of carbonyl (C=O) groups is 2. The van der Waals surface area contributed by atoms with Crippen LogP contribution in [0.3, 0.4) is 0 Å². The number of aliphatic hydroxyl groups excluding tert-OH is 2. The fourth-order valence-electron chi connectivity index (χ4n) is 0.576. The molecule has 0 fully saturated rings. The quantitative estimate of drug-likeness (QED) is 0.236. The molecule has 0 unspecified atom stereocenters. The topological polar surface area (TPSA) is 109 Å². The summed E-state index contributed by atoms with van der Waals surface area (Å²) in [5, 5.41) is 15.9. The standard InChI is InChI=1S/2C5H2F6O2.Mo.2O/c2*6-4(7,8)2(12)1-3(13)5(9,10)11;;;/h2*1,12H;;;. The molecule has 0 atom stereocenters. The zero-order chi connectivity index (χ0) is 24.4. The molecule has 170 valence electrons. The van der Waals surface area contributed by atoms with Crippen molar-refractivity contribution in [1.82, 2.24) is 0 Å². The Labute approximate surface area is 158 Å². The average molecular weight is 544 g/mol. The monoisotopic (exact) mass is 546 g/mol. The Morgan fingerprint density at radius 1 is 0.552 bits per heavy atom. The molecular weight excluding hydrogens is 540 g/mol. The predicted octanol–water partition coefficient (Wildman–Crippen LogP) is 4.00. The summed E-state index contributed by atoms with van der Waals surface area (Å²) in [6.07, 6.45) is -23.4. The molecule has 0 spiro atoms. The van der Waals surface area contributed by atoms with Gasteiger partial charge in [0, 0.05) is 12.2 Å². The van der Waals surface area contributed by atoms with Crippen molar-refractivity contribution >= 4 is 11.6 Å². The molecule has 6 nitrogen and oxygen atoms in total. The first-order valence-electron chi connectivity index (χ1n) is 5.61. The van der Waals surface area contributed by atoms with Gasteiger partial charge in [0.2, 0.25) is 11.5 Å². The number of allylic oxidation sites excluding steroid dienone is 4. The van der Waals surface area contributed by atoms with Crippen molar-refractivity contribution in [3.63, 3.8) is 0 Å². The number of ketones is 2. The van der Waals surface area contributed by atoms with Crippen LogP contribution in [-0.2, 0) is 34.9 Å². The van der Waals surface area contributed by atoms with E-state index in [0.717, 1.165) is 0 Å². The molecule has 0 saturated heterocycles. The summed E-state index contributed by atoms with van der Waals surface area (Å²) in [7, 11) is 0. The molecule has 0 aliphatic carbocycles. The zero-order valence-electron chi connectivity index (χ0n) is 12.6. The molecule has 0 aromatic rings. The predicted molar refractivity (Wildman–Crippen MR) is 57.0 cm³/mol. The second-order valence-corrected chi connectivity index (χ2v) is 4.18. The summed E-state index contributed by atoms with van der Waals surface area (Å²) < 4.78 is 153. The van der Waals surface area contributed by atoms with Gasteiger partial charge in [-0.3, -0.25) is 9.59 Å². The van der Waals surface area contributed by atoms with Gasteiger partial charge in [-0.15, -0.1) is 0 Å². The molecule has 0 amide bonds. The molecule has 0 aromatic heterocycles. The molecular formula is C10H4F12MoO6. The van der Waals surface area contributed by atoms with Crippen molar-refractivity contribution in [3.8, 4) is 0 Å². The summed E-state index contributed by atoms with van der Waals surface area (Å²) in [5.41, 5.74) is 0. The van der Waals surface area contributed by atoms with E-state index < -0.39 is 78.4 Å². The van der Waals surface area contributed by atoms with Crippen molar-refractivity contribution < 1.29 is 97.8 Å². The van der Waals surface area contributed by atoms with E-state index in [4.69, 9.17) is 17.0 Å². The van der Waals surface area contributed by atoms with Gasteiger partial charge in [0.05, 0.1) is 0 Å². The molecule has 0 aromatic carbocycles. The van der Waals surface area contributed by atoms with Crippen LogP contribution in [0.15, 0.2) is 23.7 Å². The third-order valence-electron chi connectivity index (χ3n) is 1.68. The van der Waals surface area contributed by atoms with Crippen molar-refractivity contribution in [3.05, 3.63) is 23.7 Å². The number of alkyl halides is 12.